The molecule has 0 fully saturated rings. The van der Waals surface area contributed by atoms with Gasteiger partial charge in [0.2, 0.25) is 5.91 Å². The van der Waals surface area contributed by atoms with Crippen molar-refractivity contribution in [3.8, 4) is 0 Å². The molecular formula is C14H14N2O4. The van der Waals surface area contributed by atoms with E-state index >= 15 is 0 Å². The number of aromatic nitrogens is 1. The van der Waals surface area contributed by atoms with E-state index in [1.165, 1.54) is 4.57 Å². The van der Waals surface area contributed by atoms with Crippen LogP contribution in [0.2, 0.25) is 0 Å². The third-order valence-corrected chi connectivity index (χ3v) is 3.01. The Morgan fingerprint density at radius 2 is 2.15 bits per heavy atom. The van der Waals surface area contributed by atoms with E-state index in [2.05, 4.69) is 0 Å². The fourth-order valence-electron chi connectivity index (χ4n) is 2.15. The van der Waals surface area contributed by atoms with Crippen LogP contribution in [0.5, 0.6) is 0 Å². The number of carbonyl (C=O) groups is 2. The second-order valence-electron chi connectivity index (χ2n) is 4.32. The van der Waals surface area contributed by atoms with Crippen LogP contribution in [0.3, 0.4) is 0 Å². The monoisotopic (exact) mass is 274 g/mol. The number of methoxy groups -OCH3 is 1. The van der Waals surface area contributed by atoms with Crippen molar-refractivity contribution in [3.63, 3.8) is 0 Å². The molecule has 0 aliphatic carbocycles. The maximum atomic E-state index is 12.0. The molecule has 0 saturated heterocycles. The number of ether oxygens (including phenoxy) is 1. The third-order valence-electron chi connectivity index (χ3n) is 3.01. The van der Waals surface area contributed by atoms with Crippen molar-refractivity contribution < 1.29 is 14.3 Å². The van der Waals surface area contributed by atoms with Gasteiger partial charge in [-0.15, -0.1) is 0 Å². The van der Waals surface area contributed by atoms with Crippen LogP contribution in [-0.4, -0.2) is 23.9 Å². The van der Waals surface area contributed by atoms with Crippen LogP contribution >= 0.6 is 0 Å². The minimum atomic E-state index is -0.676. The highest BCUT2D eigenvalue weighted by atomic mass is 16.5. The van der Waals surface area contributed by atoms with Gasteiger partial charge in [0.1, 0.15) is 6.29 Å². The molecule has 0 bridgehead atoms. The highest BCUT2D eigenvalue weighted by molar-refractivity contribution is 6.05. The van der Waals surface area contributed by atoms with Gasteiger partial charge < -0.3 is 19.8 Å². The molecule has 2 aromatic rings. The summed E-state index contributed by atoms with van der Waals surface area (Å²) in [5.41, 5.74) is 6.33. The normalized spacial score (nSPS) is 10.7. The molecule has 1 aromatic heterocycles. The van der Waals surface area contributed by atoms with Crippen LogP contribution in [0.1, 0.15) is 15.9 Å². The molecule has 0 saturated carbocycles. The number of nitrogens with two attached hydrogens (primary N) is 1. The summed E-state index contributed by atoms with van der Waals surface area (Å²) in [6, 6.07) is 6.36. The lowest BCUT2D eigenvalue weighted by molar-refractivity contribution is -0.108. The number of nitrogens with zero attached hydrogens (tertiary/aromatic N) is 1. The Morgan fingerprint density at radius 1 is 1.40 bits per heavy atom. The lowest BCUT2D eigenvalue weighted by atomic mass is 10.1. The fourth-order valence-corrected chi connectivity index (χ4v) is 2.15. The van der Waals surface area contributed by atoms with Gasteiger partial charge in [-0.3, -0.25) is 9.59 Å². The highest BCUT2D eigenvalue weighted by Gasteiger charge is 2.12. The molecule has 6 heteroatoms. The Kier molecular flexibility index (Phi) is 3.95. The number of carbonyl (C=O) groups excluding carboxylic acids is 2. The van der Waals surface area contributed by atoms with Crippen molar-refractivity contribution in [2.24, 2.45) is 5.73 Å². The van der Waals surface area contributed by atoms with Crippen LogP contribution in [0, 0.1) is 0 Å². The molecule has 1 aromatic carbocycles. The third kappa shape index (κ3) is 2.46. The number of rotatable bonds is 5. The van der Waals surface area contributed by atoms with Crippen molar-refractivity contribution >= 4 is 23.1 Å². The Hall–Kier alpha value is -2.47. The summed E-state index contributed by atoms with van der Waals surface area (Å²) in [7, 11) is 1.56. The molecule has 0 radical (unpaired) electrons. The molecule has 6 nitrogen and oxygen atoms in total. The molecule has 1 heterocycles. The van der Waals surface area contributed by atoms with Gasteiger partial charge in [-0.2, -0.15) is 0 Å². The molecule has 0 aliphatic heterocycles. The van der Waals surface area contributed by atoms with E-state index in [0.29, 0.717) is 23.8 Å². The van der Waals surface area contributed by atoms with Gasteiger partial charge in [0, 0.05) is 18.6 Å². The highest BCUT2D eigenvalue weighted by Crippen LogP contribution is 2.19. The molecule has 1 amide bonds. The van der Waals surface area contributed by atoms with Gasteiger partial charge in [0.25, 0.3) is 5.56 Å². The lowest BCUT2D eigenvalue weighted by Gasteiger charge is -2.11. The predicted molar refractivity (Wildman–Crippen MR) is 73.5 cm³/mol. The lowest BCUT2D eigenvalue weighted by Crippen LogP contribution is -2.24. The van der Waals surface area contributed by atoms with E-state index in [9.17, 15) is 14.4 Å². The topological polar surface area (TPSA) is 91.4 Å². The van der Waals surface area contributed by atoms with Crippen molar-refractivity contribution in [1.82, 2.24) is 4.57 Å². The molecule has 2 rings (SSSR count). The van der Waals surface area contributed by atoms with Crippen molar-refractivity contribution in [2.75, 3.05) is 7.11 Å². The fraction of sp³-hybridized carbons (Fsp3) is 0.214. The predicted octanol–water partition coefficient (Wildman–Crippen LogP) is 0.446. The molecule has 0 spiro atoms. The molecule has 0 aliphatic rings. The van der Waals surface area contributed by atoms with E-state index in [1.54, 1.807) is 25.3 Å². The first-order valence-electron chi connectivity index (χ1n) is 5.97. The average molecular weight is 274 g/mol. The molecule has 2 N–H and O–H groups in total. The van der Waals surface area contributed by atoms with E-state index in [4.69, 9.17) is 10.5 Å². The van der Waals surface area contributed by atoms with Crippen LogP contribution in [0.4, 0.5) is 0 Å². The standard InChI is InChI=1S/C14H14N2O4/c1-20-8-9-2-3-10-11(14(15)19)7-13(18)16(4-5-17)12(10)6-9/h2-3,5-7H,4,8H2,1H3,(H2,15,19). The number of fused-ring (bicyclic) bond motifs is 1. The number of amides is 1. The summed E-state index contributed by atoms with van der Waals surface area (Å²) in [5.74, 6) is -0.676. The smallest absolute Gasteiger partial charge is 0.252 e. The van der Waals surface area contributed by atoms with Crippen molar-refractivity contribution in [3.05, 3.63) is 45.7 Å². The molecule has 0 unspecified atom stereocenters. The van der Waals surface area contributed by atoms with E-state index in [0.717, 1.165) is 11.6 Å². The molecular weight excluding hydrogens is 260 g/mol. The number of aldehydes is 1. The minimum Gasteiger partial charge on any atom is -0.380 e. The maximum Gasteiger partial charge on any atom is 0.252 e. The van der Waals surface area contributed by atoms with Crippen molar-refractivity contribution in [2.45, 2.75) is 13.2 Å². The summed E-state index contributed by atoms with van der Waals surface area (Å²) < 4.78 is 6.34. The van der Waals surface area contributed by atoms with Gasteiger partial charge in [-0.25, -0.2) is 0 Å². The Balaban J connectivity index is 2.82. The van der Waals surface area contributed by atoms with Gasteiger partial charge in [0.15, 0.2) is 0 Å². The van der Waals surface area contributed by atoms with Crippen LogP contribution < -0.4 is 11.3 Å². The summed E-state index contributed by atoms with van der Waals surface area (Å²) >= 11 is 0. The quantitative estimate of drug-likeness (QED) is 0.801. The molecule has 104 valence electrons. The Bertz CT molecular complexity index is 734. The first-order valence-corrected chi connectivity index (χ1v) is 5.97. The molecule has 0 atom stereocenters. The number of hydrogen-bond acceptors (Lipinski definition) is 4. The first-order chi connectivity index (χ1) is 9.58. The van der Waals surface area contributed by atoms with E-state index in [-0.39, 0.29) is 12.1 Å². The zero-order chi connectivity index (χ0) is 14.7. The average Bonchev–Trinajstić information content (AvgIpc) is 2.42. The van der Waals surface area contributed by atoms with Gasteiger partial charge in [0.05, 0.1) is 24.2 Å². The van der Waals surface area contributed by atoms with E-state index < -0.39 is 11.5 Å². The Morgan fingerprint density at radius 3 is 2.75 bits per heavy atom. The second-order valence-corrected chi connectivity index (χ2v) is 4.32. The largest absolute Gasteiger partial charge is 0.380 e. The number of pyridine rings is 1. The minimum absolute atomic E-state index is 0.0786. The van der Waals surface area contributed by atoms with Gasteiger partial charge >= 0.3 is 0 Å². The molecule has 20 heavy (non-hydrogen) atoms. The van der Waals surface area contributed by atoms with Gasteiger partial charge in [-0.05, 0) is 11.6 Å². The first kappa shape index (κ1) is 14.0. The summed E-state index contributed by atoms with van der Waals surface area (Å²) in [6.45, 7) is 0.289. The zero-order valence-electron chi connectivity index (χ0n) is 11.0. The summed E-state index contributed by atoms with van der Waals surface area (Å²) in [5, 5.41) is 0.541. The summed E-state index contributed by atoms with van der Waals surface area (Å²) in [4.78, 5) is 34.1. The summed E-state index contributed by atoms with van der Waals surface area (Å²) in [6.07, 6.45) is 0.633. The zero-order valence-corrected chi connectivity index (χ0v) is 11.0. The van der Waals surface area contributed by atoms with E-state index in [1.807, 2.05) is 0 Å². The van der Waals surface area contributed by atoms with Crippen LogP contribution in [0.25, 0.3) is 10.9 Å². The SMILES string of the molecule is COCc1ccc2c(C(N)=O)cc(=O)n(CC=O)c2c1. The Labute approximate surface area is 114 Å². The van der Waals surface area contributed by atoms with Crippen LogP contribution in [-0.2, 0) is 22.7 Å². The van der Waals surface area contributed by atoms with Gasteiger partial charge in [-0.1, -0.05) is 12.1 Å². The number of benzene rings is 1. The maximum absolute atomic E-state index is 12.0. The van der Waals surface area contributed by atoms with Crippen molar-refractivity contribution in [1.29, 1.82) is 0 Å². The number of hydrogen-bond donors (Lipinski definition) is 1. The number of primary amides is 1. The van der Waals surface area contributed by atoms with Crippen LogP contribution in [0.15, 0.2) is 29.1 Å². The second kappa shape index (κ2) is 5.66.